The molecule has 2 amide bonds. The lowest BCUT2D eigenvalue weighted by Crippen LogP contribution is -2.61. The second-order valence-electron chi connectivity index (χ2n) is 11.2. The highest BCUT2D eigenvalue weighted by atomic mass is 16.2. The number of fused-ring (bicyclic) bond motifs is 3. The number of likely N-dealkylation sites (tertiary alicyclic amines) is 1. The number of hydrogen-bond donors (Lipinski definition) is 1. The Kier molecular flexibility index (Phi) is 6.35. The first-order valence-corrected chi connectivity index (χ1v) is 14.3. The fourth-order valence-electron chi connectivity index (χ4n) is 6.21. The molecule has 1 aliphatic heterocycles. The van der Waals surface area contributed by atoms with Gasteiger partial charge in [-0.1, -0.05) is 79.4 Å². The van der Waals surface area contributed by atoms with Gasteiger partial charge in [-0.05, 0) is 81.1 Å². The summed E-state index contributed by atoms with van der Waals surface area (Å²) in [6.45, 7) is 6.89. The van der Waals surface area contributed by atoms with Gasteiger partial charge in [0.25, 0.3) is 0 Å². The van der Waals surface area contributed by atoms with Crippen LogP contribution >= 0.6 is 0 Å². The van der Waals surface area contributed by atoms with Gasteiger partial charge >= 0.3 is 0 Å². The van der Waals surface area contributed by atoms with E-state index in [2.05, 4.69) is 127 Å². The average Bonchev–Trinajstić information content (AvgIpc) is 3.36. The quantitative estimate of drug-likeness (QED) is 0.225. The molecule has 0 radical (unpaired) electrons. The highest BCUT2D eigenvalue weighted by Crippen LogP contribution is 2.37. The standard InChI is InChI=1S/C37H31N3O2/c1-3-36(42)39-20-32(21-39)38-35(41)23-40-22-34(30-15-13-26-9-5-7-11-28(26)18-30)33-19-31(16-24(2)37(33)40)29-14-12-25-8-4-6-10-27(25)17-29/h3-19,22,32H,1,20-21,23H2,2H3,(H,38,41). The van der Waals surface area contributed by atoms with Crippen molar-refractivity contribution in [3.05, 3.63) is 121 Å². The first-order valence-electron chi connectivity index (χ1n) is 14.3. The monoisotopic (exact) mass is 549 g/mol. The molecular weight excluding hydrogens is 518 g/mol. The zero-order chi connectivity index (χ0) is 28.8. The van der Waals surface area contributed by atoms with Gasteiger partial charge in [0.15, 0.2) is 0 Å². The summed E-state index contributed by atoms with van der Waals surface area (Å²) in [6, 6.07) is 34.4. The lowest BCUT2D eigenvalue weighted by Gasteiger charge is -2.38. The van der Waals surface area contributed by atoms with E-state index in [4.69, 9.17) is 0 Å². The maximum Gasteiger partial charge on any atom is 0.246 e. The van der Waals surface area contributed by atoms with Crippen LogP contribution in [-0.2, 0) is 16.1 Å². The van der Waals surface area contributed by atoms with E-state index in [1.165, 1.54) is 27.6 Å². The Bertz CT molecular complexity index is 2030. The van der Waals surface area contributed by atoms with Crippen LogP contribution in [-0.4, -0.2) is 40.4 Å². The number of rotatable bonds is 6. The van der Waals surface area contributed by atoms with Gasteiger partial charge < -0.3 is 14.8 Å². The van der Waals surface area contributed by atoms with Crippen LogP contribution in [0.2, 0.25) is 0 Å². The van der Waals surface area contributed by atoms with Crippen LogP contribution in [0.3, 0.4) is 0 Å². The van der Waals surface area contributed by atoms with Gasteiger partial charge in [-0.25, -0.2) is 0 Å². The smallest absolute Gasteiger partial charge is 0.246 e. The molecule has 6 aromatic rings. The molecule has 0 atom stereocenters. The van der Waals surface area contributed by atoms with E-state index in [-0.39, 0.29) is 24.4 Å². The Hall–Kier alpha value is -5.16. The van der Waals surface area contributed by atoms with Gasteiger partial charge in [0.1, 0.15) is 6.54 Å². The van der Waals surface area contributed by atoms with Crippen LogP contribution < -0.4 is 5.32 Å². The number of nitrogens with zero attached hydrogens (tertiary/aromatic N) is 2. The molecule has 1 aliphatic rings. The van der Waals surface area contributed by atoms with Crippen LogP contribution in [0.4, 0.5) is 0 Å². The SMILES string of the molecule is C=CC(=O)N1CC(NC(=O)Cn2cc(-c3ccc4ccccc4c3)c3cc(-c4ccc5ccccc5c4)cc(C)c32)C1. The lowest BCUT2D eigenvalue weighted by atomic mass is 9.95. The highest BCUT2D eigenvalue weighted by molar-refractivity contribution is 6.03. The van der Waals surface area contributed by atoms with Crippen molar-refractivity contribution in [2.45, 2.75) is 19.5 Å². The second-order valence-corrected chi connectivity index (χ2v) is 11.2. The third-order valence-corrected chi connectivity index (χ3v) is 8.35. The predicted octanol–water partition coefficient (Wildman–Crippen LogP) is 7.10. The Morgan fingerprint density at radius 2 is 1.43 bits per heavy atom. The molecular formula is C37H31N3O2. The number of amides is 2. The molecule has 1 saturated heterocycles. The van der Waals surface area contributed by atoms with E-state index in [1.54, 1.807) is 4.90 Å². The van der Waals surface area contributed by atoms with E-state index in [1.807, 2.05) is 0 Å². The van der Waals surface area contributed by atoms with Crippen molar-refractivity contribution < 1.29 is 9.59 Å². The van der Waals surface area contributed by atoms with E-state index in [0.29, 0.717) is 13.1 Å². The third kappa shape index (κ3) is 4.63. The molecule has 1 N–H and O–H groups in total. The van der Waals surface area contributed by atoms with Crippen LogP contribution in [0, 0.1) is 6.92 Å². The number of carbonyl (C=O) groups excluding carboxylic acids is 2. The normalized spacial score (nSPS) is 13.4. The van der Waals surface area contributed by atoms with Crippen LogP contribution in [0.5, 0.6) is 0 Å². The van der Waals surface area contributed by atoms with Gasteiger partial charge in [-0.15, -0.1) is 0 Å². The molecule has 1 aromatic heterocycles. The molecule has 42 heavy (non-hydrogen) atoms. The Morgan fingerprint density at radius 1 is 0.810 bits per heavy atom. The Balaban J connectivity index is 1.29. The maximum atomic E-state index is 13.2. The minimum absolute atomic E-state index is 0.0382. The minimum atomic E-state index is -0.102. The summed E-state index contributed by atoms with van der Waals surface area (Å²) in [5.41, 5.74) is 6.69. The highest BCUT2D eigenvalue weighted by Gasteiger charge is 2.30. The molecule has 0 spiro atoms. The predicted molar refractivity (Wildman–Crippen MR) is 171 cm³/mol. The molecule has 7 rings (SSSR count). The molecule has 0 bridgehead atoms. The number of hydrogen-bond acceptors (Lipinski definition) is 2. The number of carbonyl (C=O) groups is 2. The van der Waals surface area contributed by atoms with Crippen molar-refractivity contribution in [2.24, 2.45) is 0 Å². The van der Waals surface area contributed by atoms with Gasteiger partial charge in [-0.3, -0.25) is 9.59 Å². The molecule has 5 nitrogen and oxygen atoms in total. The first-order chi connectivity index (χ1) is 20.5. The summed E-state index contributed by atoms with van der Waals surface area (Å²) in [5, 5.41) is 9.02. The summed E-state index contributed by atoms with van der Waals surface area (Å²) in [5.74, 6) is -0.166. The number of benzene rings is 5. The zero-order valence-corrected chi connectivity index (χ0v) is 23.5. The maximum absolute atomic E-state index is 13.2. The molecule has 206 valence electrons. The topological polar surface area (TPSA) is 54.3 Å². The fourth-order valence-corrected chi connectivity index (χ4v) is 6.21. The van der Waals surface area contributed by atoms with Gasteiger partial charge in [-0.2, -0.15) is 0 Å². The minimum Gasteiger partial charge on any atom is -0.348 e. The van der Waals surface area contributed by atoms with Crippen molar-refractivity contribution in [1.29, 1.82) is 0 Å². The van der Waals surface area contributed by atoms with Crippen LogP contribution in [0.25, 0.3) is 54.7 Å². The number of aromatic nitrogens is 1. The van der Waals surface area contributed by atoms with Gasteiger partial charge in [0.2, 0.25) is 11.8 Å². The summed E-state index contributed by atoms with van der Waals surface area (Å²) in [6.07, 6.45) is 3.42. The summed E-state index contributed by atoms with van der Waals surface area (Å²) in [7, 11) is 0. The van der Waals surface area contributed by atoms with Crippen LogP contribution in [0.1, 0.15) is 5.56 Å². The Labute approximate surface area is 244 Å². The second kappa shape index (κ2) is 10.3. The summed E-state index contributed by atoms with van der Waals surface area (Å²) in [4.78, 5) is 26.7. The third-order valence-electron chi connectivity index (χ3n) is 8.35. The molecule has 5 heteroatoms. The molecule has 5 aromatic carbocycles. The molecule has 0 unspecified atom stereocenters. The number of nitrogens with one attached hydrogen (secondary N) is 1. The average molecular weight is 550 g/mol. The van der Waals surface area contributed by atoms with E-state index >= 15 is 0 Å². The van der Waals surface area contributed by atoms with E-state index < -0.39 is 0 Å². The molecule has 2 heterocycles. The van der Waals surface area contributed by atoms with Crippen molar-refractivity contribution in [3.63, 3.8) is 0 Å². The van der Waals surface area contributed by atoms with Gasteiger partial charge in [0.05, 0.1) is 11.6 Å². The lowest BCUT2D eigenvalue weighted by molar-refractivity contribution is -0.133. The fraction of sp³-hybridized carbons (Fsp3) is 0.135. The largest absolute Gasteiger partial charge is 0.348 e. The zero-order valence-electron chi connectivity index (χ0n) is 23.5. The van der Waals surface area contributed by atoms with Crippen molar-refractivity contribution in [1.82, 2.24) is 14.8 Å². The van der Waals surface area contributed by atoms with Crippen LogP contribution in [0.15, 0.2) is 116 Å². The molecule has 1 fully saturated rings. The Morgan fingerprint density at radius 3 is 2.10 bits per heavy atom. The number of aryl methyl sites for hydroxylation is 1. The van der Waals surface area contributed by atoms with Crippen molar-refractivity contribution in [2.75, 3.05) is 13.1 Å². The summed E-state index contributed by atoms with van der Waals surface area (Å²) < 4.78 is 2.07. The van der Waals surface area contributed by atoms with E-state index in [0.717, 1.165) is 38.7 Å². The molecule has 0 saturated carbocycles. The van der Waals surface area contributed by atoms with Crippen molar-refractivity contribution in [3.8, 4) is 22.3 Å². The van der Waals surface area contributed by atoms with Gasteiger partial charge in [0, 0.05) is 30.2 Å². The molecule has 0 aliphatic carbocycles. The summed E-state index contributed by atoms with van der Waals surface area (Å²) >= 11 is 0. The first kappa shape index (κ1) is 25.8. The van der Waals surface area contributed by atoms with Crippen molar-refractivity contribution >= 4 is 44.3 Å². The van der Waals surface area contributed by atoms with E-state index in [9.17, 15) is 9.59 Å².